The standard InChI is InChI=1S/C14H14N2O2S2/c17-13-12(8-10-4-1-2-6-15-10)20-14(19)16(13)9-11-5-3-7-18-11/h1-2,4,6,8,11H,3,5,7,9H2/b12-8+. The number of rotatable bonds is 3. The minimum atomic E-state index is -0.0406. The zero-order valence-corrected chi connectivity index (χ0v) is 12.5. The third kappa shape index (κ3) is 2.92. The molecule has 1 unspecified atom stereocenters. The highest BCUT2D eigenvalue weighted by atomic mass is 32.2. The van der Waals surface area contributed by atoms with Gasteiger partial charge in [0.1, 0.15) is 4.32 Å². The molecule has 0 bridgehead atoms. The van der Waals surface area contributed by atoms with E-state index in [-0.39, 0.29) is 12.0 Å². The summed E-state index contributed by atoms with van der Waals surface area (Å²) >= 11 is 6.63. The van der Waals surface area contributed by atoms with Gasteiger partial charge in [0.05, 0.1) is 23.2 Å². The van der Waals surface area contributed by atoms with Crippen molar-refractivity contribution in [2.45, 2.75) is 18.9 Å². The van der Waals surface area contributed by atoms with Crippen LogP contribution in [0.1, 0.15) is 18.5 Å². The van der Waals surface area contributed by atoms with Crippen LogP contribution in [0.2, 0.25) is 0 Å². The summed E-state index contributed by atoms with van der Waals surface area (Å²) in [6.07, 6.45) is 5.67. The van der Waals surface area contributed by atoms with E-state index < -0.39 is 0 Å². The number of hydrogen-bond donors (Lipinski definition) is 0. The molecule has 2 aliphatic heterocycles. The van der Waals surface area contributed by atoms with Gasteiger partial charge in [0.2, 0.25) is 0 Å². The number of carbonyl (C=O) groups excluding carboxylic acids is 1. The molecule has 0 aliphatic carbocycles. The topological polar surface area (TPSA) is 42.4 Å². The lowest BCUT2D eigenvalue weighted by Crippen LogP contribution is -2.35. The quantitative estimate of drug-likeness (QED) is 0.634. The van der Waals surface area contributed by atoms with Gasteiger partial charge in [0.25, 0.3) is 5.91 Å². The first-order valence-electron chi connectivity index (χ1n) is 6.52. The number of thioether (sulfide) groups is 1. The molecule has 2 aliphatic rings. The number of hydrogen-bond acceptors (Lipinski definition) is 5. The number of carbonyl (C=O) groups is 1. The fourth-order valence-electron chi connectivity index (χ4n) is 2.25. The monoisotopic (exact) mass is 306 g/mol. The Balaban J connectivity index is 1.74. The maximum Gasteiger partial charge on any atom is 0.266 e. The van der Waals surface area contributed by atoms with Crippen LogP contribution < -0.4 is 0 Å². The van der Waals surface area contributed by atoms with Crippen molar-refractivity contribution in [3.8, 4) is 0 Å². The summed E-state index contributed by atoms with van der Waals surface area (Å²) in [6, 6.07) is 5.61. The molecule has 3 rings (SSSR count). The molecule has 1 aromatic rings. The number of pyridine rings is 1. The maximum absolute atomic E-state index is 12.4. The Labute approximate surface area is 127 Å². The lowest BCUT2D eigenvalue weighted by molar-refractivity contribution is -0.123. The minimum Gasteiger partial charge on any atom is -0.376 e. The molecule has 0 radical (unpaired) electrons. The first-order chi connectivity index (χ1) is 9.74. The largest absolute Gasteiger partial charge is 0.376 e. The molecule has 0 saturated carbocycles. The summed E-state index contributed by atoms with van der Waals surface area (Å²) < 4.78 is 6.17. The van der Waals surface area contributed by atoms with Crippen molar-refractivity contribution in [1.29, 1.82) is 0 Å². The van der Waals surface area contributed by atoms with Crippen LogP contribution >= 0.6 is 24.0 Å². The second kappa shape index (κ2) is 6.03. The lowest BCUT2D eigenvalue weighted by atomic mass is 10.2. The molecule has 6 heteroatoms. The van der Waals surface area contributed by atoms with E-state index in [9.17, 15) is 4.79 Å². The third-order valence-corrected chi connectivity index (χ3v) is 4.63. The van der Waals surface area contributed by atoms with Gasteiger partial charge in [-0.15, -0.1) is 0 Å². The number of thiocarbonyl (C=S) groups is 1. The first-order valence-corrected chi connectivity index (χ1v) is 7.74. The first kappa shape index (κ1) is 13.7. The highest BCUT2D eigenvalue weighted by Gasteiger charge is 2.34. The van der Waals surface area contributed by atoms with E-state index in [1.165, 1.54) is 11.8 Å². The van der Waals surface area contributed by atoms with Gasteiger partial charge in [0, 0.05) is 12.8 Å². The Morgan fingerprint density at radius 2 is 2.45 bits per heavy atom. The molecule has 104 valence electrons. The van der Waals surface area contributed by atoms with Gasteiger partial charge < -0.3 is 4.74 Å². The predicted octanol–water partition coefficient (Wildman–Crippen LogP) is 2.46. The summed E-state index contributed by atoms with van der Waals surface area (Å²) in [7, 11) is 0. The molecule has 1 amide bonds. The van der Waals surface area contributed by atoms with Crippen LogP contribution in [-0.4, -0.2) is 39.4 Å². The average Bonchev–Trinajstić information content (AvgIpc) is 3.05. The number of amides is 1. The van der Waals surface area contributed by atoms with Gasteiger partial charge in [-0.2, -0.15) is 0 Å². The molecule has 2 fully saturated rings. The lowest BCUT2D eigenvalue weighted by Gasteiger charge is -2.18. The highest BCUT2D eigenvalue weighted by molar-refractivity contribution is 8.26. The van der Waals surface area contributed by atoms with Gasteiger partial charge in [-0.05, 0) is 31.1 Å². The Morgan fingerprint density at radius 1 is 1.55 bits per heavy atom. The zero-order chi connectivity index (χ0) is 13.9. The third-order valence-electron chi connectivity index (χ3n) is 3.25. The van der Waals surface area contributed by atoms with Crippen molar-refractivity contribution >= 4 is 40.3 Å². The van der Waals surface area contributed by atoms with Gasteiger partial charge >= 0.3 is 0 Å². The average molecular weight is 306 g/mol. The number of nitrogens with zero attached hydrogens (tertiary/aromatic N) is 2. The molecule has 0 N–H and O–H groups in total. The molecule has 4 nitrogen and oxygen atoms in total. The van der Waals surface area contributed by atoms with Crippen molar-refractivity contribution in [3.63, 3.8) is 0 Å². The van der Waals surface area contributed by atoms with Crippen molar-refractivity contribution < 1.29 is 9.53 Å². The molecule has 0 aromatic carbocycles. The molecule has 2 saturated heterocycles. The normalized spacial score (nSPS) is 24.9. The second-order valence-electron chi connectivity index (χ2n) is 4.68. The molecule has 1 aromatic heterocycles. The smallest absolute Gasteiger partial charge is 0.266 e. The van der Waals surface area contributed by atoms with Gasteiger partial charge in [-0.3, -0.25) is 14.7 Å². The molecular formula is C14H14N2O2S2. The van der Waals surface area contributed by atoms with Crippen LogP contribution in [0.25, 0.3) is 6.08 Å². The predicted molar refractivity (Wildman–Crippen MR) is 83.1 cm³/mol. The summed E-state index contributed by atoms with van der Waals surface area (Å²) in [5, 5.41) is 0. The van der Waals surface area contributed by atoms with Gasteiger partial charge in [-0.25, -0.2) is 0 Å². The van der Waals surface area contributed by atoms with Crippen molar-refractivity contribution in [1.82, 2.24) is 9.88 Å². The summed E-state index contributed by atoms with van der Waals surface area (Å²) in [4.78, 5) is 18.9. The number of ether oxygens (including phenoxy) is 1. The Hall–Kier alpha value is -1.24. The van der Waals surface area contributed by atoms with Gasteiger partial charge in [0.15, 0.2) is 0 Å². The molecule has 0 spiro atoms. The van der Waals surface area contributed by atoms with Crippen LogP contribution in [0.4, 0.5) is 0 Å². The van der Waals surface area contributed by atoms with Crippen LogP contribution in [0, 0.1) is 0 Å². The van der Waals surface area contributed by atoms with E-state index in [4.69, 9.17) is 17.0 Å². The Kier molecular flexibility index (Phi) is 4.14. The van der Waals surface area contributed by atoms with E-state index in [1.54, 1.807) is 17.2 Å². The summed E-state index contributed by atoms with van der Waals surface area (Å²) in [6.45, 7) is 1.34. The molecule has 20 heavy (non-hydrogen) atoms. The van der Waals surface area contributed by atoms with E-state index >= 15 is 0 Å². The highest BCUT2D eigenvalue weighted by Crippen LogP contribution is 2.33. The zero-order valence-electron chi connectivity index (χ0n) is 10.8. The van der Waals surface area contributed by atoms with Gasteiger partial charge in [-0.1, -0.05) is 30.0 Å². The second-order valence-corrected chi connectivity index (χ2v) is 6.36. The SMILES string of the molecule is O=C1/C(=C\c2ccccn2)SC(=S)N1CC1CCCO1. The fourth-order valence-corrected chi connectivity index (χ4v) is 3.50. The van der Waals surface area contributed by atoms with Crippen LogP contribution in [0.5, 0.6) is 0 Å². The van der Waals surface area contributed by atoms with Crippen molar-refractivity contribution in [3.05, 3.63) is 35.0 Å². The molecule has 3 heterocycles. The van der Waals surface area contributed by atoms with Crippen molar-refractivity contribution in [2.24, 2.45) is 0 Å². The van der Waals surface area contributed by atoms with Crippen molar-refractivity contribution in [2.75, 3.05) is 13.2 Å². The summed E-state index contributed by atoms with van der Waals surface area (Å²) in [5.41, 5.74) is 0.769. The maximum atomic E-state index is 12.4. The van der Waals surface area contributed by atoms with E-state index in [2.05, 4.69) is 4.98 Å². The van der Waals surface area contributed by atoms with E-state index in [0.29, 0.717) is 15.8 Å². The molecular weight excluding hydrogens is 292 g/mol. The minimum absolute atomic E-state index is 0.0406. The fraction of sp³-hybridized carbons (Fsp3) is 0.357. The summed E-state index contributed by atoms with van der Waals surface area (Å²) in [5.74, 6) is -0.0406. The van der Waals surface area contributed by atoms with Crippen LogP contribution in [0.15, 0.2) is 29.3 Å². The Bertz CT molecular complexity index is 554. The van der Waals surface area contributed by atoms with E-state index in [1.807, 2.05) is 18.2 Å². The number of aromatic nitrogens is 1. The van der Waals surface area contributed by atoms with E-state index in [0.717, 1.165) is 25.1 Å². The Morgan fingerprint density at radius 3 is 3.15 bits per heavy atom. The van der Waals surface area contributed by atoms with Crippen LogP contribution in [0.3, 0.4) is 0 Å². The molecule has 1 atom stereocenters. The van der Waals surface area contributed by atoms with Crippen LogP contribution in [-0.2, 0) is 9.53 Å².